The highest BCUT2D eigenvalue weighted by atomic mass is 19.4. The molecule has 4 nitrogen and oxygen atoms in total. The van der Waals surface area contributed by atoms with E-state index in [1.807, 2.05) is 6.92 Å². The van der Waals surface area contributed by atoms with Crippen LogP contribution in [0.15, 0.2) is 24.3 Å². The number of benzene rings is 1. The molecule has 2 aromatic rings. The highest BCUT2D eigenvalue weighted by Gasteiger charge is 2.30. The minimum atomic E-state index is -4.33. The van der Waals surface area contributed by atoms with Crippen LogP contribution in [0.25, 0.3) is 0 Å². The molecule has 1 heterocycles. The summed E-state index contributed by atoms with van der Waals surface area (Å²) in [4.78, 5) is 0. The average Bonchev–Trinajstić information content (AvgIpc) is 2.66. The molecule has 3 N–H and O–H groups in total. The molecule has 0 radical (unpaired) electrons. The van der Waals surface area contributed by atoms with E-state index in [2.05, 4.69) is 10.4 Å². The molecule has 108 valence electrons. The maximum Gasteiger partial charge on any atom is 0.416 e. The van der Waals surface area contributed by atoms with Crippen LogP contribution >= 0.6 is 0 Å². The predicted octanol–water partition coefficient (Wildman–Crippen LogP) is 3.56. The number of anilines is 3. The molecule has 1 aromatic carbocycles. The number of nitrogens with zero attached hydrogens (tertiary/aromatic N) is 2. The number of nitrogens with two attached hydrogens (primary N) is 1. The lowest BCUT2D eigenvalue weighted by Gasteiger charge is -2.11. The molecule has 0 spiro atoms. The first-order valence-corrected chi connectivity index (χ1v) is 6.10. The summed E-state index contributed by atoms with van der Waals surface area (Å²) >= 11 is 0. The van der Waals surface area contributed by atoms with Gasteiger partial charge in [0.05, 0.1) is 16.9 Å². The number of nitrogen functional groups attached to an aromatic ring is 1. The van der Waals surface area contributed by atoms with Crippen molar-refractivity contribution in [1.29, 1.82) is 0 Å². The molecular formula is C13H15F3N4. The van der Waals surface area contributed by atoms with Crippen molar-refractivity contribution in [2.75, 3.05) is 11.1 Å². The summed E-state index contributed by atoms with van der Waals surface area (Å²) in [5, 5.41) is 7.23. The Morgan fingerprint density at radius 2 is 1.85 bits per heavy atom. The van der Waals surface area contributed by atoms with Crippen molar-refractivity contribution in [3.63, 3.8) is 0 Å². The second kappa shape index (κ2) is 5.07. The topological polar surface area (TPSA) is 55.9 Å². The summed E-state index contributed by atoms with van der Waals surface area (Å²) in [6.45, 7) is 4.30. The molecule has 0 fully saturated rings. The second-order valence-corrected chi connectivity index (χ2v) is 4.36. The van der Waals surface area contributed by atoms with E-state index in [1.165, 1.54) is 12.1 Å². The van der Waals surface area contributed by atoms with Crippen LogP contribution in [-0.4, -0.2) is 9.78 Å². The molecule has 2 rings (SSSR count). The van der Waals surface area contributed by atoms with E-state index in [-0.39, 0.29) is 0 Å². The number of hydrogen-bond acceptors (Lipinski definition) is 3. The van der Waals surface area contributed by atoms with Gasteiger partial charge < -0.3 is 11.1 Å². The van der Waals surface area contributed by atoms with Crippen LogP contribution in [0.3, 0.4) is 0 Å². The number of aromatic nitrogens is 2. The Bertz CT molecular complexity index is 599. The third-order valence-corrected chi connectivity index (χ3v) is 2.95. The Hall–Kier alpha value is -2.18. The standard InChI is InChI=1S/C13H15F3N4/c1-3-20-12(11(17)8(2)19-20)18-10-6-4-9(5-7-10)13(14,15)16/h4-7,18H,3,17H2,1-2H3. The lowest BCUT2D eigenvalue weighted by molar-refractivity contribution is -0.137. The summed E-state index contributed by atoms with van der Waals surface area (Å²) in [7, 11) is 0. The molecule has 0 atom stereocenters. The molecule has 0 saturated carbocycles. The molecule has 0 unspecified atom stereocenters. The van der Waals surface area contributed by atoms with Gasteiger partial charge in [-0.05, 0) is 38.1 Å². The Kier molecular flexibility index (Phi) is 3.61. The minimum Gasteiger partial charge on any atom is -0.394 e. The zero-order valence-electron chi connectivity index (χ0n) is 11.1. The van der Waals surface area contributed by atoms with E-state index in [1.54, 1.807) is 11.6 Å². The normalized spacial score (nSPS) is 11.7. The van der Waals surface area contributed by atoms with Crippen molar-refractivity contribution < 1.29 is 13.2 Å². The van der Waals surface area contributed by atoms with E-state index in [4.69, 9.17) is 5.73 Å². The molecule has 0 bridgehead atoms. The van der Waals surface area contributed by atoms with E-state index in [0.29, 0.717) is 29.4 Å². The van der Waals surface area contributed by atoms with Crippen molar-refractivity contribution >= 4 is 17.2 Å². The van der Waals surface area contributed by atoms with Gasteiger partial charge in [0.15, 0.2) is 5.82 Å². The molecule has 0 amide bonds. The third-order valence-electron chi connectivity index (χ3n) is 2.95. The van der Waals surface area contributed by atoms with E-state index in [9.17, 15) is 13.2 Å². The summed E-state index contributed by atoms with van der Waals surface area (Å²) < 4.78 is 39.1. The quantitative estimate of drug-likeness (QED) is 0.906. The smallest absolute Gasteiger partial charge is 0.394 e. The number of nitrogens with one attached hydrogen (secondary N) is 1. The zero-order valence-corrected chi connectivity index (χ0v) is 11.1. The highest BCUT2D eigenvalue weighted by molar-refractivity contribution is 5.71. The van der Waals surface area contributed by atoms with Crippen LogP contribution in [0.2, 0.25) is 0 Å². The molecule has 0 saturated heterocycles. The number of halogens is 3. The van der Waals surface area contributed by atoms with Crippen LogP contribution in [0.4, 0.5) is 30.4 Å². The molecule has 20 heavy (non-hydrogen) atoms. The van der Waals surface area contributed by atoms with Gasteiger partial charge >= 0.3 is 6.18 Å². The molecular weight excluding hydrogens is 269 g/mol. The second-order valence-electron chi connectivity index (χ2n) is 4.36. The SMILES string of the molecule is CCn1nc(C)c(N)c1Nc1ccc(C(F)(F)F)cc1. The van der Waals surface area contributed by atoms with Crippen LogP contribution in [0, 0.1) is 6.92 Å². The maximum atomic E-state index is 12.5. The van der Waals surface area contributed by atoms with Gasteiger partial charge in [-0.3, -0.25) is 0 Å². The Labute approximate surface area is 114 Å². The average molecular weight is 284 g/mol. The monoisotopic (exact) mass is 284 g/mol. The summed E-state index contributed by atoms with van der Waals surface area (Å²) in [6.07, 6.45) is -4.33. The van der Waals surface area contributed by atoms with Crippen molar-refractivity contribution in [2.24, 2.45) is 0 Å². The minimum absolute atomic E-state index is 0.492. The molecule has 7 heteroatoms. The van der Waals surface area contributed by atoms with Crippen molar-refractivity contribution in [3.05, 3.63) is 35.5 Å². The predicted molar refractivity (Wildman–Crippen MR) is 71.8 cm³/mol. The van der Waals surface area contributed by atoms with Gasteiger partial charge in [-0.2, -0.15) is 18.3 Å². The van der Waals surface area contributed by atoms with Crippen molar-refractivity contribution in [3.8, 4) is 0 Å². The summed E-state index contributed by atoms with van der Waals surface area (Å²) in [5.74, 6) is 0.588. The molecule has 0 aliphatic rings. The van der Waals surface area contributed by atoms with E-state index in [0.717, 1.165) is 12.1 Å². The number of hydrogen-bond donors (Lipinski definition) is 2. The first-order valence-electron chi connectivity index (χ1n) is 6.10. The van der Waals surface area contributed by atoms with Crippen molar-refractivity contribution in [2.45, 2.75) is 26.6 Å². The molecule has 0 aliphatic heterocycles. The maximum absolute atomic E-state index is 12.5. The first-order chi connectivity index (χ1) is 9.32. The molecule has 1 aromatic heterocycles. The first kappa shape index (κ1) is 14.2. The summed E-state index contributed by atoms with van der Waals surface area (Å²) in [6, 6.07) is 4.78. The van der Waals surface area contributed by atoms with Gasteiger partial charge in [0.1, 0.15) is 0 Å². The highest BCUT2D eigenvalue weighted by Crippen LogP contribution is 2.31. The fourth-order valence-electron chi connectivity index (χ4n) is 1.84. The van der Waals surface area contributed by atoms with Gasteiger partial charge in [-0.15, -0.1) is 0 Å². The Morgan fingerprint density at radius 3 is 2.35 bits per heavy atom. The van der Waals surface area contributed by atoms with Crippen LogP contribution < -0.4 is 11.1 Å². The van der Waals surface area contributed by atoms with Crippen LogP contribution in [-0.2, 0) is 12.7 Å². The van der Waals surface area contributed by atoms with Crippen LogP contribution in [0.5, 0.6) is 0 Å². The van der Waals surface area contributed by atoms with E-state index >= 15 is 0 Å². The number of rotatable bonds is 3. The number of aryl methyl sites for hydroxylation is 2. The van der Waals surface area contributed by atoms with Gasteiger partial charge in [0.2, 0.25) is 0 Å². The summed E-state index contributed by atoms with van der Waals surface area (Å²) in [5.41, 5.74) is 6.92. The zero-order chi connectivity index (χ0) is 14.9. The lowest BCUT2D eigenvalue weighted by atomic mass is 10.2. The number of alkyl halides is 3. The largest absolute Gasteiger partial charge is 0.416 e. The van der Waals surface area contributed by atoms with Gasteiger partial charge in [0, 0.05) is 12.2 Å². The van der Waals surface area contributed by atoms with Gasteiger partial charge in [-0.1, -0.05) is 0 Å². The third kappa shape index (κ3) is 2.71. The fourth-order valence-corrected chi connectivity index (χ4v) is 1.84. The van der Waals surface area contributed by atoms with Crippen molar-refractivity contribution in [1.82, 2.24) is 9.78 Å². The Morgan fingerprint density at radius 1 is 1.25 bits per heavy atom. The fraction of sp³-hybridized carbons (Fsp3) is 0.308. The Balaban J connectivity index is 2.27. The van der Waals surface area contributed by atoms with Gasteiger partial charge in [0.25, 0.3) is 0 Å². The molecule has 0 aliphatic carbocycles. The van der Waals surface area contributed by atoms with E-state index < -0.39 is 11.7 Å². The van der Waals surface area contributed by atoms with Gasteiger partial charge in [-0.25, -0.2) is 4.68 Å². The van der Waals surface area contributed by atoms with Crippen LogP contribution in [0.1, 0.15) is 18.2 Å². The lowest BCUT2D eigenvalue weighted by Crippen LogP contribution is -2.06.